The standard InChI is InChI=1S/C28H41ClN4O7S/c1-17(2)15-40-28(39)32-21(11-12-23(34)35)26(37)33-24(19-8-3-4-9-19)27(38)31-22(16-41)25(36)30-14-13-18-7-5-6-10-20(18)29/h5-7,10,17,19,21-22,24,41H,3-4,8-9,11-16H2,1-2H3,(H,30,36)(H,31,38)(H,32,39)(H,33,37)(H,34,35)/t21-,22-,24?/m0/s1. The molecule has 4 amide bonds. The van der Waals surface area contributed by atoms with Crippen LogP contribution in [-0.4, -0.2) is 71.9 Å². The van der Waals surface area contributed by atoms with Crippen LogP contribution in [0.1, 0.15) is 57.9 Å². The molecule has 1 aliphatic rings. The van der Waals surface area contributed by atoms with Gasteiger partial charge < -0.3 is 31.1 Å². The monoisotopic (exact) mass is 612 g/mol. The van der Waals surface area contributed by atoms with Gasteiger partial charge in [-0.3, -0.25) is 19.2 Å². The number of amides is 4. The lowest BCUT2D eigenvalue weighted by atomic mass is 9.96. The highest BCUT2D eigenvalue weighted by atomic mass is 35.5. The molecule has 2 rings (SSSR count). The predicted molar refractivity (Wildman–Crippen MR) is 158 cm³/mol. The average Bonchev–Trinajstić information content (AvgIpc) is 3.46. The van der Waals surface area contributed by atoms with Crippen LogP contribution in [0.2, 0.25) is 5.02 Å². The van der Waals surface area contributed by atoms with Crippen molar-refractivity contribution in [2.24, 2.45) is 11.8 Å². The van der Waals surface area contributed by atoms with E-state index in [2.05, 4.69) is 33.9 Å². The lowest BCUT2D eigenvalue weighted by molar-refractivity contribution is -0.137. The van der Waals surface area contributed by atoms with Crippen LogP contribution in [0.4, 0.5) is 4.79 Å². The van der Waals surface area contributed by atoms with E-state index in [1.54, 1.807) is 6.07 Å². The highest BCUT2D eigenvalue weighted by molar-refractivity contribution is 7.80. The van der Waals surface area contributed by atoms with E-state index < -0.39 is 47.9 Å². The van der Waals surface area contributed by atoms with Crippen molar-refractivity contribution in [3.8, 4) is 0 Å². The molecule has 0 aliphatic heterocycles. The molecule has 0 heterocycles. The second kappa shape index (κ2) is 17.7. The molecule has 1 aromatic carbocycles. The van der Waals surface area contributed by atoms with Gasteiger partial charge in [0.15, 0.2) is 0 Å². The molecule has 228 valence electrons. The van der Waals surface area contributed by atoms with Gasteiger partial charge in [-0.05, 0) is 49.1 Å². The van der Waals surface area contributed by atoms with Gasteiger partial charge in [-0.1, -0.05) is 56.5 Å². The number of hydrogen-bond donors (Lipinski definition) is 6. The third kappa shape index (κ3) is 12.2. The fourth-order valence-corrected chi connectivity index (χ4v) is 4.99. The SMILES string of the molecule is CC(C)COC(=O)N[C@@H](CCC(=O)O)C(=O)NC(C(=O)N[C@@H](CS)C(=O)NCCc1ccccc1Cl)C1CCCC1. The van der Waals surface area contributed by atoms with Crippen LogP contribution in [0.5, 0.6) is 0 Å². The maximum Gasteiger partial charge on any atom is 0.407 e. The van der Waals surface area contributed by atoms with Crippen LogP contribution in [0.3, 0.4) is 0 Å². The molecule has 0 aromatic heterocycles. The molecule has 0 radical (unpaired) electrons. The summed E-state index contributed by atoms with van der Waals surface area (Å²) >= 11 is 10.4. The maximum atomic E-state index is 13.4. The highest BCUT2D eigenvalue weighted by Crippen LogP contribution is 2.28. The molecule has 0 bridgehead atoms. The summed E-state index contributed by atoms with van der Waals surface area (Å²) in [5.74, 6) is -2.91. The lowest BCUT2D eigenvalue weighted by Crippen LogP contribution is -2.59. The number of benzene rings is 1. The van der Waals surface area contributed by atoms with E-state index in [0.29, 0.717) is 30.8 Å². The average molecular weight is 613 g/mol. The Hall–Kier alpha value is -2.99. The molecule has 1 saturated carbocycles. The molecular formula is C28H41ClN4O7S. The molecule has 1 unspecified atom stereocenters. The Kier molecular flexibility index (Phi) is 14.8. The molecule has 1 aliphatic carbocycles. The fourth-order valence-electron chi connectivity index (χ4n) is 4.51. The Morgan fingerprint density at radius 1 is 1.00 bits per heavy atom. The van der Waals surface area contributed by atoms with Crippen molar-refractivity contribution in [1.82, 2.24) is 21.3 Å². The summed E-state index contributed by atoms with van der Waals surface area (Å²) < 4.78 is 5.09. The van der Waals surface area contributed by atoms with Crippen LogP contribution in [0, 0.1) is 11.8 Å². The summed E-state index contributed by atoms with van der Waals surface area (Å²) in [6, 6.07) is 4.14. The fraction of sp³-hybridized carbons (Fsp3) is 0.607. The third-order valence-electron chi connectivity index (χ3n) is 6.72. The maximum absolute atomic E-state index is 13.4. The van der Waals surface area contributed by atoms with Crippen LogP contribution in [-0.2, 0) is 30.3 Å². The summed E-state index contributed by atoms with van der Waals surface area (Å²) in [6.45, 7) is 4.13. The topological polar surface area (TPSA) is 163 Å². The normalized spacial score (nSPS) is 15.4. The number of carbonyl (C=O) groups is 5. The third-order valence-corrected chi connectivity index (χ3v) is 7.46. The molecule has 1 fully saturated rings. The number of ether oxygens (including phenoxy) is 1. The Balaban J connectivity index is 2.06. The van der Waals surface area contributed by atoms with Gasteiger partial charge in [-0.25, -0.2) is 4.79 Å². The van der Waals surface area contributed by atoms with E-state index in [4.69, 9.17) is 21.4 Å². The number of carbonyl (C=O) groups excluding carboxylic acids is 4. The van der Waals surface area contributed by atoms with Crippen molar-refractivity contribution in [2.75, 3.05) is 18.9 Å². The first-order chi connectivity index (χ1) is 19.5. The molecule has 0 spiro atoms. The number of carboxylic acids is 1. The summed E-state index contributed by atoms with van der Waals surface area (Å²) in [7, 11) is 0. The minimum Gasteiger partial charge on any atom is -0.481 e. The zero-order valence-corrected chi connectivity index (χ0v) is 25.1. The number of hydrogen-bond acceptors (Lipinski definition) is 7. The summed E-state index contributed by atoms with van der Waals surface area (Å²) in [4.78, 5) is 62.9. The first kappa shape index (κ1) is 34.2. The van der Waals surface area contributed by atoms with Crippen molar-refractivity contribution in [2.45, 2.75) is 76.9 Å². The van der Waals surface area contributed by atoms with Gasteiger partial charge in [0.25, 0.3) is 0 Å². The molecule has 3 atom stereocenters. The number of thiol groups is 1. The van der Waals surface area contributed by atoms with Gasteiger partial charge in [0.05, 0.1) is 6.61 Å². The van der Waals surface area contributed by atoms with Crippen LogP contribution >= 0.6 is 24.2 Å². The summed E-state index contributed by atoms with van der Waals surface area (Å²) in [5, 5.41) is 20.3. The quantitative estimate of drug-likeness (QED) is 0.156. The number of rotatable bonds is 16. The molecular weight excluding hydrogens is 572 g/mol. The van der Waals surface area contributed by atoms with Gasteiger partial charge in [0.1, 0.15) is 18.1 Å². The van der Waals surface area contributed by atoms with Crippen LogP contribution in [0.15, 0.2) is 24.3 Å². The molecule has 5 N–H and O–H groups in total. The van der Waals surface area contributed by atoms with Crippen molar-refractivity contribution in [3.05, 3.63) is 34.9 Å². The van der Waals surface area contributed by atoms with Gasteiger partial charge in [0, 0.05) is 23.7 Å². The van der Waals surface area contributed by atoms with Crippen molar-refractivity contribution >= 4 is 54.0 Å². The van der Waals surface area contributed by atoms with Crippen molar-refractivity contribution < 1.29 is 33.8 Å². The van der Waals surface area contributed by atoms with E-state index in [0.717, 1.165) is 18.4 Å². The number of alkyl carbamates (subject to hydrolysis) is 1. The van der Waals surface area contributed by atoms with Gasteiger partial charge in [-0.15, -0.1) is 0 Å². The second-order valence-electron chi connectivity index (χ2n) is 10.5. The van der Waals surface area contributed by atoms with E-state index in [-0.39, 0.29) is 37.0 Å². The summed E-state index contributed by atoms with van der Waals surface area (Å²) in [5.41, 5.74) is 0.879. The zero-order chi connectivity index (χ0) is 30.4. The minimum absolute atomic E-state index is 0.0273. The number of nitrogens with one attached hydrogen (secondary N) is 4. The van der Waals surface area contributed by atoms with Gasteiger partial charge in [-0.2, -0.15) is 12.6 Å². The second-order valence-corrected chi connectivity index (χ2v) is 11.3. The Labute approximate surface area is 251 Å². The van der Waals surface area contributed by atoms with Crippen LogP contribution in [0.25, 0.3) is 0 Å². The van der Waals surface area contributed by atoms with E-state index in [1.165, 1.54) is 0 Å². The first-order valence-electron chi connectivity index (χ1n) is 13.9. The minimum atomic E-state index is -1.23. The smallest absolute Gasteiger partial charge is 0.407 e. The Morgan fingerprint density at radius 3 is 2.29 bits per heavy atom. The highest BCUT2D eigenvalue weighted by Gasteiger charge is 2.36. The summed E-state index contributed by atoms with van der Waals surface area (Å²) in [6.07, 6.45) is 2.23. The number of halogens is 1. The molecule has 11 nitrogen and oxygen atoms in total. The Bertz CT molecular complexity index is 1050. The van der Waals surface area contributed by atoms with E-state index in [9.17, 15) is 24.0 Å². The molecule has 41 heavy (non-hydrogen) atoms. The molecule has 0 saturated heterocycles. The lowest BCUT2D eigenvalue weighted by Gasteiger charge is -2.28. The molecule has 1 aromatic rings. The largest absolute Gasteiger partial charge is 0.481 e. The number of aliphatic carboxylic acids is 1. The van der Waals surface area contributed by atoms with Gasteiger partial charge >= 0.3 is 12.1 Å². The Morgan fingerprint density at radius 2 is 1.68 bits per heavy atom. The zero-order valence-electron chi connectivity index (χ0n) is 23.5. The van der Waals surface area contributed by atoms with Gasteiger partial charge in [0.2, 0.25) is 17.7 Å². The predicted octanol–water partition coefficient (Wildman–Crippen LogP) is 2.70. The van der Waals surface area contributed by atoms with Crippen molar-refractivity contribution in [1.29, 1.82) is 0 Å². The van der Waals surface area contributed by atoms with E-state index >= 15 is 0 Å². The molecule has 13 heteroatoms. The van der Waals surface area contributed by atoms with Crippen molar-refractivity contribution in [3.63, 3.8) is 0 Å². The van der Waals surface area contributed by atoms with Crippen LogP contribution < -0.4 is 21.3 Å². The van der Waals surface area contributed by atoms with E-state index in [1.807, 2.05) is 32.0 Å². The first-order valence-corrected chi connectivity index (χ1v) is 14.9. The number of carboxylic acid groups (broad SMARTS) is 1.